The number of halogens is 5. The highest BCUT2D eigenvalue weighted by molar-refractivity contribution is 6.32. The first-order valence-electron chi connectivity index (χ1n) is 9.70. The van der Waals surface area contributed by atoms with Gasteiger partial charge in [0.05, 0.1) is 5.56 Å². The Labute approximate surface area is 202 Å². The van der Waals surface area contributed by atoms with Gasteiger partial charge in [-0.3, -0.25) is 4.79 Å². The van der Waals surface area contributed by atoms with E-state index in [0.717, 1.165) is 25.3 Å². The van der Waals surface area contributed by atoms with Crippen LogP contribution >= 0.6 is 23.2 Å². The summed E-state index contributed by atoms with van der Waals surface area (Å²) in [4.78, 5) is 27.3. The van der Waals surface area contributed by atoms with Crippen LogP contribution in [-0.2, 0) is 5.60 Å². The summed E-state index contributed by atoms with van der Waals surface area (Å²) in [5.74, 6) is -3.41. The first-order chi connectivity index (χ1) is 15.8. The minimum Gasteiger partial charge on any atom is -0.478 e. The van der Waals surface area contributed by atoms with Gasteiger partial charge in [0.2, 0.25) is 0 Å². The van der Waals surface area contributed by atoms with E-state index in [-0.39, 0.29) is 32.6 Å². The van der Waals surface area contributed by atoms with E-state index in [2.05, 4.69) is 10.3 Å². The van der Waals surface area contributed by atoms with E-state index in [1.165, 1.54) is 42.5 Å². The molecule has 0 spiro atoms. The number of nitrogens with zero attached hydrogens (tertiary/aromatic N) is 1. The molecule has 1 aromatic heterocycles. The molecule has 2 aromatic carbocycles. The minimum absolute atomic E-state index is 0.0178. The summed E-state index contributed by atoms with van der Waals surface area (Å²) in [5, 5.41) is 22.0. The predicted molar refractivity (Wildman–Crippen MR) is 120 cm³/mol. The van der Waals surface area contributed by atoms with Crippen LogP contribution in [0, 0.1) is 0 Å². The Balaban J connectivity index is 1.93. The molecular formula is C23H17Cl2F3N2O4. The molecule has 3 N–H and O–H groups in total. The summed E-state index contributed by atoms with van der Waals surface area (Å²) in [6.45, 7) is 1.15. The molecule has 3 aromatic rings. The molecule has 1 heterocycles. The Hall–Kier alpha value is -3.14. The van der Waals surface area contributed by atoms with Crippen molar-refractivity contribution in [2.24, 2.45) is 0 Å². The highest BCUT2D eigenvalue weighted by atomic mass is 35.5. The number of carboxylic acid groups (broad SMARTS) is 1. The minimum atomic E-state index is -5.09. The van der Waals surface area contributed by atoms with Gasteiger partial charge in [-0.15, -0.1) is 0 Å². The van der Waals surface area contributed by atoms with Crippen LogP contribution in [-0.4, -0.2) is 33.2 Å². The number of amides is 1. The van der Waals surface area contributed by atoms with Crippen molar-refractivity contribution in [1.82, 2.24) is 4.98 Å². The molecule has 178 valence electrons. The van der Waals surface area contributed by atoms with Crippen molar-refractivity contribution in [3.8, 4) is 0 Å². The number of aliphatic hydroxyl groups is 1. The third-order valence-electron chi connectivity index (χ3n) is 5.32. The van der Waals surface area contributed by atoms with E-state index < -0.39 is 35.1 Å². The molecule has 0 saturated carbocycles. The van der Waals surface area contributed by atoms with E-state index >= 15 is 0 Å². The molecule has 2 atom stereocenters. The van der Waals surface area contributed by atoms with Gasteiger partial charge in [-0.25, -0.2) is 9.78 Å². The van der Waals surface area contributed by atoms with Crippen LogP contribution in [0.3, 0.4) is 0 Å². The molecule has 0 aliphatic heterocycles. The maximum atomic E-state index is 14.1. The van der Waals surface area contributed by atoms with E-state index in [1.807, 2.05) is 0 Å². The second-order valence-corrected chi connectivity index (χ2v) is 8.22. The molecule has 3 rings (SSSR count). The number of hydrogen-bond acceptors (Lipinski definition) is 4. The largest absolute Gasteiger partial charge is 0.478 e. The number of pyridine rings is 1. The number of carbonyl (C=O) groups is 2. The maximum Gasteiger partial charge on any atom is 0.422 e. The SMILES string of the molecule is C[C@H](c1ccc(C(=O)Nc2cccc(C(=O)O)c2)cc1Cl)[C@@](O)(c1ccnc(Cl)c1)C(F)(F)F. The Morgan fingerprint density at radius 3 is 2.32 bits per heavy atom. The molecular weight excluding hydrogens is 496 g/mol. The van der Waals surface area contributed by atoms with E-state index in [9.17, 15) is 27.9 Å². The molecule has 0 fully saturated rings. The average molecular weight is 513 g/mol. The lowest BCUT2D eigenvalue weighted by Gasteiger charge is -2.37. The van der Waals surface area contributed by atoms with Crippen LogP contribution in [0.2, 0.25) is 10.2 Å². The number of hydrogen-bond donors (Lipinski definition) is 3. The van der Waals surface area contributed by atoms with Crippen molar-refractivity contribution < 1.29 is 33.0 Å². The molecule has 0 bridgehead atoms. The zero-order valence-electron chi connectivity index (χ0n) is 17.4. The van der Waals surface area contributed by atoms with Crippen molar-refractivity contribution in [1.29, 1.82) is 0 Å². The van der Waals surface area contributed by atoms with Gasteiger partial charge < -0.3 is 15.5 Å². The van der Waals surface area contributed by atoms with Crippen LogP contribution in [0.5, 0.6) is 0 Å². The average Bonchev–Trinajstić information content (AvgIpc) is 2.77. The lowest BCUT2D eigenvalue weighted by Crippen LogP contribution is -2.46. The summed E-state index contributed by atoms with van der Waals surface area (Å²) >= 11 is 12.0. The van der Waals surface area contributed by atoms with Crippen molar-refractivity contribution >= 4 is 40.8 Å². The van der Waals surface area contributed by atoms with Crippen molar-refractivity contribution in [3.05, 3.63) is 93.2 Å². The number of nitrogens with one attached hydrogen (secondary N) is 1. The predicted octanol–water partition coefficient (Wildman–Crippen LogP) is 5.89. The maximum absolute atomic E-state index is 14.1. The molecule has 1 amide bonds. The lowest BCUT2D eigenvalue weighted by atomic mass is 9.78. The summed E-state index contributed by atoms with van der Waals surface area (Å²) < 4.78 is 42.2. The number of aromatic nitrogens is 1. The molecule has 0 aliphatic carbocycles. The molecule has 34 heavy (non-hydrogen) atoms. The van der Waals surface area contributed by atoms with Gasteiger partial charge in [0.1, 0.15) is 5.15 Å². The monoisotopic (exact) mass is 512 g/mol. The number of aromatic carboxylic acids is 1. The first kappa shape index (κ1) is 25.5. The van der Waals surface area contributed by atoms with Gasteiger partial charge in [-0.05, 0) is 53.6 Å². The van der Waals surface area contributed by atoms with E-state index in [0.29, 0.717) is 0 Å². The fourth-order valence-corrected chi connectivity index (χ4v) is 3.99. The number of carbonyl (C=O) groups excluding carboxylic acids is 1. The van der Waals surface area contributed by atoms with Crippen LogP contribution in [0.4, 0.5) is 18.9 Å². The van der Waals surface area contributed by atoms with Crippen molar-refractivity contribution in [3.63, 3.8) is 0 Å². The van der Waals surface area contributed by atoms with Gasteiger partial charge in [0.25, 0.3) is 5.91 Å². The van der Waals surface area contributed by atoms with Gasteiger partial charge in [-0.1, -0.05) is 42.3 Å². The highest BCUT2D eigenvalue weighted by Crippen LogP contribution is 2.50. The Bertz CT molecular complexity index is 1250. The standard InChI is InChI=1S/C23H17Cl2F3N2O4/c1-12(22(34,23(26,27)28)15-7-8-29-19(25)11-15)17-6-5-13(10-18(17)24)20(31)30-16-4-2-3-14(9-16)21(32)33/h2-12,34H,1H3,(H,30,31)(H,32,33)/t12-,22-/m1/s1. The molecule has 11 heteroatoms. The van der Waals surface area contributed by atoms with Crippen LogP contribution in [0.1, 0.15) is 44.7 Å². The van der Waals surface area contributed by atoms with Gasteiger partial charge in [-0.2, -0.15) is 13.2 Å². The number of rotatable bonds is 6. The lowest BCUT2D eigenvalue weighted by molar-refractivity contribution is -0.274. The molecule has 0 saturated heterocycles. The second-order valence-electron chi connectivity index (χ2n) is 7.43. The summed E-state index contributed by atoms with van der Waals surface area (Å²) in [7, 11) is 0. The number of carboxylic acids is 1. The normalized spacial score (nSPS) is 14.2. The Morgan fingerprint density at radius 1 is 1.03 bits per heavy atom. The van der Waals surface area contributed by atoms with Gasteiger partial charge in [0, 0.05) is 28.4 Å². The summed E-state index contributed by atoms with van der Waals surface area (Å²) in [6, 6.07) is 11.1. The first-order valence-corrected chi connectivity index (χ1v) is 10.5. The topological polar surface area (TPSA) is 99.5 Å². The van der Waals surface area contributed by atoms with Crippen LogP contribution in [0.25, 0.3) is 0 Å². The molecule has 0 radical (unpaired) electrons. The fraction of sp³-hybridized carbons (Fsp3) is 0.174. The second kappa shape index (κ2) is 9.61. The highest BCUT2D eigenvalue weighted by Gasteiger charge is 2.59. The van der Waals surface area contributed by atoms with E-state index in [4.69, 9.17) is 28.3 Å². The number of alkyl halides is 3. The molecule has 0 aliphatic rings. The zero-order chi connectivity index (χ0) is 25.3. The van der Waals surface area contributed by atoms with Crippen LogP contribution in [0.15, 0.2) is 60.8 Å². The molecule has 6 nitrogen and oxygen atoms in total. The number of benzene rings is 2. The van der Waals surface area contributed by atoms with Crippen molar-refractivity contribution in [2.45, 2.75) is 24.6 Å². The molecule has 0 unspecified atom stereocenters. The van der Waals surface area contributed by atoms with Gasteiger partial charge in [0.15, 0.2) is 5.60 Å². The Kier molecular flexibility index (Phi) is 7.21. The zero-order valence-corrected chi connectivity index (χ0v) is 18.9. The third-order valence-corrected chi connectivity index (χ3v) is 5.86. The number of anilines is 1. The third kappa shape index (κ3) is 5.01. The summed E-state index contributed by atoms with van der Waals surface area (Å²) in [5.41, 5.74) is -3.72. The fourth-order valence-electron chi connectivity index (χ4n) is 3.48. The van der Waals surface area contributed by atoms with Crippen molar-refractivity contribution in [2.75, 3.05) is 5.32 Å². The quantitative estimate of drug-likeness (QED) is 0.357. The summed E-state index contributed by atoms with van der Waals surface area (Å²) in [6.07, 6.45) is -4.04. The van der Waals surface area contributed by atoms with E-state index in [1.54, 1.807) is 0 Å². The Morgan fingerprint density at radius 2 is 1.74 bits per heavy atom. The van der Waals surface area contributed by atoms with Crippen LogP contribution < -0.4 is 5.32 Å². The smallest absolute Gasteiger partial charge is 0.422 e. The van der Waals surface area contributed by atoms with Gasteiger partial charge >= 0.3 is 12.1 Å².